The quantitative estimate of drug-likeness (QED) is 0.691. The Labute approximate surface area is 141 Å². The highest BCUT2D eigenvalue weighted by Gasteiger charge is 2.31. The molecule has 1 N–H and O–H groups in total. The number of aromatic nitrogens is 1. The Hall–Kier alpha value is -2.55. The average Bonchev–Trinajstić information content (AvgIpc) is 2.93. The summed E-state index contributed by atoms with van der Waals surface area (Å²) in [7, 11) is 1.67. The number of ketones is 1. The summed E-state index contributed by atoms with van der Waals surface area (Å²) in [6.45, 7) is 2.16. The van der Waals surface area contributed by atoms with Gasteiger partial charge in [-0.3, -0.25) is 4.79 Å². The molecular weight excluding hydrogens is 298 g/mol. The lowest BCUT2D eigenvalue weighted by Gasteiger charge is -2.16. The highest BCUT2D eigenvalue weighted by Crippen LogP contribution is 2.42. The van der Waals surface area contributed by atoms with Crippen LogP contribution in [0, 0.1) is 0 Å². The van der Waals surface area contributed by atoms with Crippen molar-refractivity contribution in [1.29, 1.82) is 0 Å². The second-order valence-electron chi connectivity index (χ2n) is 6.67. The maximum absolute atomic E-state index is 12.5. The van der Waals surface area contributed by atoms with Gasteiger partial charge < -0.3 is 9.72 Å². The van der Waals surface area contributed by atoms with Crippen LogP contribution < -0.4 is 4.74 Å². The van der Waals surface area contributed by atoms with Crippen LogP contribution in [0.3, 0.4) is 0 Å². The number of aromatic amines is 1. The zero-order valence-corrected chi connectivity index (χ0v) is 14.0. The first-order valence-corrected chi connectivity index (χ1v) is 8.43. The summed E-state index contributed by atoms with van der Waals surface area (Å²) in [6.07, 6.45) is 1.16. The Balaban J connectivity index is 1.90. The molecule has 0 amide bonds. The molecule has 0 aliphatic heterocycles. The average molecular weight is 319 g/mol. The maximum atomic E-state index is 12.5. The van der Waals surface area contributed by atoms with Gasteiger partial charge >= 0.3 is 0 Å². The highest BCUT2D eigenvalue weighted by molar-refractivity contribution is 5.89. The largest absolute Gasteiger partial charge is 0.497 e. The molecule has 3 heteroatoms. The third-order valence-electron chi connectivity index (χ3n) is 5.10. The predicted octanol–water partition coefficient (Wildman–Crippen LogP) is 4.77. The van der Waals surface area contributed by atoms with Crippen LogP contribution in [-0.2, 0) is 4.79 Å². The smallest absolute Gasteiger partial charge is 0.134 e. The number of nitrogens with one attached hydrogen (secondary N) is 1. The lowest BCUT2D eigenvalue weighted by molar-refractivity contribution is -0.119. The fourth-order valence-electron chi connectivity index (χ4n) is 3.97. The molecule has 0 fully saturated rings. The van der Waals surface area contributed by atoms with Crippen molar-refractivity contribution in [3.63, 3.8) is 0 Å². The van der Waals surface area contributed by atoms with E-state index in [9.17, 15) is 4.79 Å². The number of hydrogen-bond donors (Lipinski definition) is 1. The van der Waals surface area contributed by atoms with Gasteiger partial charge in [0.1, 0.15) is 11.5 Å². The third-order valence-corrected chi connectivity index (χ3v) is 5.10. The molecule has 0 spiro atoms. The molecule has 0 saturated carbocycles. The van der Waals surface area contributed by atoms with Crippen LogP contribution in [0.5, 0.6) is 5.75 Å². The Morgan fingerprint density at radius 3 is 2.54 bits per heavy atom. The van der Waals surface area contributed by atoms with Gasteiger partial charge in [-0.2, -0.15) is 0 Å². The number of methoxy groups -OCH3 is 1. The molecule has 1 aliphatic rings. The first kappa shape index (κ1) is 15.0. The zero-order chi connectivity index (χ0) is 16.7. The summed E-state index contributed by atoms with van der Waals surface area (Å²) in [5.74, 6) is 1.49. The van der Waals surface area contributed by atoms with Gasteiger partial charge in [0.2, 0.25) is 0 Å². The molecule has 0 bridgehead atoms. The minimum absolute atomic E-state index is 0.0794. The van der Waals surface area contributed by atoms with Crippen molar-refractivity contribution in [3.05, 3.63) is 65.4 Å². The molecule has 2 aromatic carbocycles. The van der Waals surface area contributed by atoms with Crippen molar-refractivity contribution in [2.75, 3.05) is 7.11 Å². The number of ether oxygens (including phenoxy) is 1. The number of fused-ring (bicyclic) bond motifs is 3. The molecular formula is C21H21NO2. The molecule has 122 valence electrons. The minimum Gasteiger partial charge on any atom is -0.497 e. The van der Waals surface area contributed by atoms with E-state index in [2.05, 4.69) is 48.3 Å². The third kappa shape index (κ3) is 2.41. The standard InChI is InChI=1S/C21H21NO2/c1-13-11-15(23)12-18(14-7-9-16(24-2)10-8-14)21-20(13)17-5-3-4-6-19(17)22-21/h3-10,13,18,22H,11-12H2,1-2H3/t13-,18-/m1/s1. The van der Waals surface area contributed by atoms with Crippen LogP contribution in [0.15, 0.2) is 48.5 Å². The van der Waals surface area contributed by atoms with Gasteiger partial charge in [-0.1, -0.05) is 37.3 Å². The van der Waals surface area contributed by atoms with Gasteiger partial charge in [-0.15, -0.1) is 0 Å². The normalized spacial score (nSPS) is 20.7. The van der Waals surface area contributed by atoms with Crippen LogP contribution in [0.1, 0.15) is 48.4 Å². The number of Topliss-reactive ketones (excluding diaryl/α,β-unsaturated/α-hetero) is 1. The number of carbonyl (C=O) groups is 1. The first-order valence-electron chi connectivity index (χ1n) is 8.43. The van der Waals surface area contributed by atoms with E-state index in [1.165, 1.54) is 16.6 Å². The van der Waals surface area contributed by atoms with E-state index in [4.69, 9.17) is 4.74 Å². The number of benzene rings is 2. The van der Waals surface area contributed by atoms with Crippen molar-refractivity contribution < 1.29 is 9.53 Å². The molecule has 3 nitrogen and oxygen atoms in total. The van der Waals surface area contributed by atoms with Crippen LogP contribution >= 0.6 is 0 Å². The van der Waals surface area contributed by atoms with Crippen molar-refractivity contribution in [1.82, 2.24) is 4.98 Å². The lowest BCUT2D eigenvalue weighted by atomic mass is 9.89. The van der Waals surface area contributed by atoms with Crippen molar-refractivity contribution in [2.24, 2.45) is 0 Å². The summed E-state index contributed by atoms with van der Waals surface area (Å²) >= 11 is 0. The monoisotopic (exact) mass is 319 g/mol. The minimum atomic E-state index is 0.0794. The molecule has 1 aliphatic carbocycles. The number of hydrogen-bond acceptors (Lipinski definition) is 2. The Kier molecular flexibility index (Phi) is 3.64. The Morgan fingerprint density at radius 1 is 1.04 bits per heavy atom. The molecule has 1 aromatic heterocycles. The van der Waals surface area contributed by atoms with E-state index < -0.39 is 0 Å². The van der Waals surface area contributed by atoms with E-state index in [1.54, 1.807) is 7.11 Å². The number of H-pyrrole nitrogens is 1. The van der Waals surface area contributed by atoms with Crippen molar-refractivity contribution in [2.45, 2.75) is 31.6 Å². The predicted molar refractivity (Wildman–Crippen MR) is 95.8 cm³/mol. The Morgan fingerprint density at radius 2 is 1.79 bits per heavy atom. The van der Waals surface area contributed by atoms with E-state index >= 15 is 0 Å². The number of para-hydroxylation sites is 1. The summed E-state index contributed by atoms with van der Waals surface area (Å²) < 4.78 is 5.26. The second-order valence-corrected chi connectivity index (χ2v) is 6.67. The second kappa shape index (κ2) is 5.82. The van der Waals surface area contributed by atoms with E-state index in [0.29, 0.717) is 18.6 Å². The Bertz CT molecular complexity index is 892. The molecule has 2 atom stereocenters. The maximum Gasteiger partial charge on any atom is 0.134 e. The van der Waals surface area contributed by atoms with E-state index in [1.807, 2.05) is 12.1 Å². The summed E-state index contributed by atoms with van der Waals surface area (Å²) in [6, 6.07) is 16.5. The van der Waals surface area contributed by atoms with Crippen LogP contribution in [-0.4, -0.2) is 17.9 Å². The highest BCUT2D eigenvalue weighted by atomic mass is 16.5. The lowest BCUT2D eigenvalue weighted by Crippen LogP contribution is -2.07. The van der Waals surface area contributed by atoms with Gasteiger partial charge in [0.05, 0.1) is 7.11 Å². The first-order chi connectivity index (χ1) is 11.7. The number of rotatable bonds is 2. The molecule has 0 unspecified atom stereocenters. The van der Waals surface area contributed by atoms with Gasteiger partial charge in [-0.25, -0.2) is 0 Å². The summed E-state index contributed by atoms with van der Waals surface area (Å²) in [5.41, 5.74) is 4.81. The zero-order valence-electron chi connectivity index (χ0n) is 14.0. The van der Waals surface area contributed by atoms with Crippen LogP contribution in [0.4, 0.5) is 0 Å². The molecule has 3 aromatic rings. The summed E-state index contributed by atoms with van der Waals surface area (Å²) in [5, 5.41) is 1.24. The summed E-state index contributed by atoms with van der Waals surface area (Å²) in [4.78, 5) is 16.1. The molecule has 4 rings (SSSR count). The topological polar surface area (TPSA) is 42.1 Å². The van der Waals surface area contributed by atoms with Gasteiger partial charge in [0.15, 0.2) is 0 Å². The fourth-order valence-corrected chi connectivity index (χ4v) is 3.97. The van der Waals surface area contributed by atoms with E-state index in [-0.39, 0.29) is 11.8 Å². The SMILES string of the molecule is COc1ccc([C@H]2CC(=O)C[C@@H](C)c3c2[nH]c2ccccc32)cc1. The van der Waals surface area contributed by atoms with Crippen molar-refractivity contribution in [3.8, 4) is 5.75 Å². The van der Waals surface area contributed by atoms with Gasteiger partial charge in [0.25, 0.3) is 0 Å². The van der Waals surface area contributed by atoms with Crippen LogP contribution in [0.2, 0.25) is 0 Å². The molecule has 0 radical (unpaired) electrons. The molecule has 1 heterocycles. The number of carbonyl (C=O) groups excluding carboxylic acids is 1. The molecule has 24 heavy (non-hydrogen) atoms. The fraction of sp³-hybridized carbons (Fsp3) is 0.286. The van der Waals surface area contributed by atoms with E-state index in [0.717, 1.165) is 16.8 Å². The van der Waals surface area contributed by atoms with Crippen molar-refractivity contribution >= 4 is 16.7 Å². The van der Waals surface area contributed by atoms with Gasteiger partial charge in [0, 0.05) is 35.4 Å². The van der Waals surface area contributed by atoms with Gasteiger partial charge in [-0.05, 0) is 35.2 Å². The van der Waals surface area contributed by atoms with Crippen LogP contribution in [0.25, 0.3) is 10.9 Å². The molecule has 0 saturated heterocycles.